The number of anilines is 2. The minimum Gasteiger partial charge on any atom is -0.462 e. The third-order valence-corrected chi connectivity index (χ3v) is 5.17. The molecule has 2 heterocycles. The first-order chi connectivity index (χ1) is 17.1. The van der Waals surface area contributed by atoms with E-state index in [0.29, 0.717) is 35.2 Å². The number of nitrogens with one attached hydrogen (secondary N) is 2. The van der Waals surface area contributed by atoms with Crippen LogP contribution in [0.25, 0.3) is 11.1 Å². The fourth-order valence-corrected chi connectivity index (χ4v) is 3.75. The Morgan fingerprint density at radius 1 is 1.19 bits per heavy atom. The molecule has 13 heteroatoms. The predicted molar refractivity (Wildman–Crippen MR) is 124 cm³/mol. The van der Waals surface area contributed by atoms with Gasteiger partial charge in [0.25, 0.3) is 0 Å². The lowest BCUT2D eigenvalue weighted by atomic mass is 9.93. The van der Waals surface area contributed by atoms with E-state index in [1.165, 1.54) is 29.2 Å². The van der Waals surface area contributed by atoms with Gasteiger partial charge in [0.2, 0.25) is 0 Å². The Labute approximate surface area is 202 Å². The van der Waals surface area contributed by atoms with Crippen molar-refractivity contribution in [1.82, 2.24) is 19.9 Å². The third-order valence-electron chi connectivity index (χ3n) is 5.17. The van der Waals surface area contributed by atoms with Crippen molar-refractivity contribution in [1.29, 1.82) is 0 Å². The van der Waals surface area contributed by atoms with Gasteiger partial charge in [0.05, 0.1) is 12.2 Å². The molecule has 3 aromatic rings. The summed E-state index contributed by atoms with van der Waals surface area (Å²) in [6, 6.07) is 4.30. The number of alkyl halides is 3. The highest BCUT2D eigenvalue weighted by Crippen LogP contribution is 2.34. The molecule has 4 N–H and O–H groups in total. The molecular weight excluding hydrogens is 481 g/mol. The van der Waals surface area contributed by atoms with E-state index >= 15 is 0 Å². The number of halogens is 3. The molecule has 0 unspecified atom stereocenters. The van der Waals surface area contributed by atoms with E-state index in [4.69, 9.17) is 10.5 Å². The number of hydrogen-bond donors (Lipinski definition) is 3. The number of ether oxygens (including phenoxy) is 2. The van der Waals surface area contributed by atoms with Gasteiger partial charge in [-0.25, -0.2) is 19.1 Å². The van der Waals surface area contributed by atoms with Gasteiger partial charge in [-0.3, -0.25) is 0 Å². The first-order valence-corrected chi connectivity index (χ1v) is 10.8. The molecule has 0 aliphatic heterocycles. The zero-order chi connectivity index (χ0) is 25.9. The van der Waals surface area contributed by atoms with E-state index in [1.807, 2.05) is 0 Å². The van der Waals surface area contributed by atoms with Crippen molar-refractivity contribution in [3.63, 3.8) is 0 Å². The summed E-state index contributed by atoms with van der Waals surface area (Å²) in [6.45, 7) is 1.89. The zero-order valence-electron chi connectivity index (χ0n) is 18.9. The van der Waals surface area contributed by atoms with E-state index in [9.17, 15) is 22.8 Å². The van der Waals surface area contributed by atoms with Crippen LogP contribution in [0, 0.1) is 0 Å². The van der Waals surface area contributed by atoms with Crippen LogP contribution in [0.5, 0.6) is 5.75 Å². The number of nitrogens with two attached hydrogens (primary N) is 1. The highest BCUT2D eigenvalue weighted by atomic mass is 19.4. The van der Waals surface area contributed by atoms with Crippen molar-refractivity contribution in [3.05, 3.63) is 65.8 Å². The number of allylic oxidation sites excluding steroid dienone is 4. The molecule has 10 nitrogen and oxygen atoms in total. The van der Waals surface area contributed by atoms with Crippen LogP contribution in [0.15, 0.2) is 54.6 Å². The maximum absolute atomic E-state index is 12.6. The summed E-state index contributed by atoms with van der Waals surface area (Å²) in [7, 11) is 0. The number of carbonyl (C=O) groups excluding carboxylic acids is 2. The maximum atomic E-state index is 12.6. The number of rotatable bonds is 6. The fourth-order valence-electron chi connectivity index (χ4n) is 3.75. The fraction of sp³-hybridized carbons (Fsp3) is 0.217. The molecule has 0 saturated carbocycles. The molecule has 0 saturated heterocycles. The Kier molecular flexibility index (Phi) is 6.81. The molecule has 0 spiro atoms. The lowest BCUT2D eigenvalue weighted by Crippen LogP contribution is -2.28. The Hall–Kier alpha value is -4.55. The smallest absolute Gasteiger partial charge is 0.462 e. The van der Waals surface area contributed by atoms with E-state index in [1.54, 1.807) is 19.1 Å². The van der Waals surface area contributed by atoms with Crippen molar-refractivity contribution >= 4 is 34.6 Å². The molecule has 1 aromatic carbocycles. The van der Waals surface area contributed by atoms with E-state index in [2.05, 4.69) is 25.5 Å². The SMILES string of the molecule is CCOC(=O)c1cn2ncnc(N)c2c1C1=CC=C(NC(=O)Nc2cccc(OC(F)(F)F)c2)CC1. The van der Waals surface area contributed by atoms with Gasteiger partial charge in [-0.1, -0.05) is 12.1 Å². The summed E-state index contributed by atoms with van der Waals surface area (Å²) in [4.78, 5) is 29.0. The molecule has 1 aliphatic rings. The number of hydrogen-bond acceptors (Lipinski definition) is 7. The van der Waals surface area contributed by atoms with Gasteiger partial charge in [0.15, 0.2) is 5.82 Å². The second-order valence-corrected chi connectivity index (χ2v) is 7.62. The van der Waals surface area contributed by atoms with Crippen LogP contribution in [-0.2, 0) is 4.74 Å². The molecular formula is C23H21F3N6O4. The van der Waals surface area contributed by atoms with Crippen molar-refractivity contribution in [2.75, 3.05) is 17.7 Å². The van der Waals surface area contributed by atoms with Gasteiger partial charge in [0.1, 0.15) is 17.6 Å². The van der Waals surface area contributed by atoms with Crippen molar-refractivity contribution in [2.45, 2.75) is 26.1 Å². The second kappa shape index (κ2) is 9.98. The van der Waals surface area contributed by atoms with Gasteiger partial charge in [-0.05, 0) is 43.5 Å². The molecule has 0 fully saturated rings. The number of esters is 1. The number of amides is 2. The van der Waals surface area contributed by atoms with Crippen LogP contribution in [0.3, 0.4) is 0 Å². The normalized spacial score (nSPS) is 13.6. The maximum Gasteiger partial charge on any atom is 0.573 e. The number of nitrogen functional groups attached to an aromatic ring is 1. The molecule has 4 rings (SSSR count). The predicted octanol–water partition coefficient (Wildman–Crippen LogP) is 4.27. The highest BCUT2D eigenvalue weighted by Gasteiger charge is 2.31. The molecule has 2 amide bonds. The summed E-state index contributed by atoms with van der Waals surface area (Å²) >= 11 is 0. The average Bonchev–Trinajstić information content (AvgIpc) is 3.20. The van der Waals surface area contributed by atoms with Crippen LogP contribution in [-0.4, -0.2) is 39.6 Å². The number of aromatic nitrogens is 3. The first-order valence-electron chi connectivity index (χ1n) is 10.8. The minimum absolute atomic E-state index is 0.122. The standard InChI is InChI=1S/C23H21F3N6O4/c1-2-35-21(33)17-11-32-19(20(27)28-12-29-32)18(17)13-6-8-14(9-7-13)30-22(34)31-15-4-3-5-16(10-15)36-23(24,25)26/h3-6,8,10-12H,2,7,9H2,1H3,(H2,27,28,29)(H2,30,31,34). The van der Waals surface area contributed by atoms with Gasteiger partial charge < -0.3 is 25.8 Å². The van der Waals surface area contributed by atoms with Crippen LogP contribution in [0.4, 0.5) is 29.5 Å². The van der Waals surface area contributed by atoms with Gasteiger partial charge >= 0.3 is 18.4 Å². The average molecular weight is 502 g/mol. The lowest BCUT2D eigenvalue weighted by molar-refractivity contribution is -0.274. The van der Waals surface area contributed by atoms with Crippen LogP contribution >= 0.6 is 0 Å². The summed E-state index contributed by atoms with van der Waals surface area (Å²) < 4.78 is 47.8. The Bertz CT molecular complexity index is 1380. The number of benzene rings is 1. The van der Waals surface area contributed by atoms with Gasteiger partial charge in [-0.15, -0.1) is 13.2 Å². The summed E-state index contributed by atoms with van der Waals surface area (Å²) in [5, 5.41) is 9.25. The van der Waals surface area contributed by atoms with E-state index < -0.39 is 24.1 Å². The van der Waals surface area contributed by atoms with Crippen LogP contribution in [0.1, 0.15) is 35.7 Å². The molecule has 0 atom stereocenters. The van der Waals surface area contributed by atoms with Gasteiger partial charge in [0, 0.05) is 29.2 Å². The summed E-state index contributed by atoms with van der Waals surface area (Å²) in [6.07, 6.45) is 2.23. The number of nitrogens with zero attached hydrogens (tertiary/aromatic N) is 3. The Balaban J connectivity index is 1.52. The molecule has 0 radical (unpaired) electrons. The number of urea groups is 1. The highest BCUT2D eigenvalue weighted by molar-refractivity contribution is 6.02. The monoisotopic (exact) mass is 502 g/mol. The molecule has 2 aromatic heterocycles. The zero-order valence-corrected chi connectivity index (χ0v) is 18.9. The lowest BCUT2D eigenvalue weighted by Gasteiger charge is -2.17. The quantitative estimate of drug-likeness (QED) is 0.429. The van der Waals surface area contributed by atoms with Gasteiger partial charge in [-0.2, -0.15) is 5.10 Å². The van der Waals surface area contributed by atoms with E-state index in [-0.39, 0.29) is 18.1 Å². The first kappa shape index (κ1) is 24.6. The Morgan fingerprint density at radius 3 is 2.69 bits per heavy atom. The number of fused-ring (bicyclic) bond motifs is 1. The Morgan fingerprint density at radius 2 is 2.00 bits per heavy atom. The third kappa shape index (κ3) is 5.56. The summed E-state index contributed by atoms with van der Waals surface area (Å²) in [5.74, 6) is -0.784. The molecule has 36 heavy (non-hydrogen) atoms. The second-order valence-electron chi connectivity index (χ2n) is 7.62. The molecule has 1 aliphatic carbocycles. The summed E-state index contributed by atoms with van der Waals surface area (Å²) in [5.41, 5.74) is 8.82. The van der Waals surface area contributed by atoms with E-state index in [0.717, 1.165) is 17.7 Å². The minimum atomic E-state index is -4.84. The molecule has 0 bridgehead atoms. The largest absolute Gasteiger partial charge is 0.573 e. The van der Waals surface area contributed by atoms with Crippen molar-refractivity contribution < 1.29 is 32.2 Å². The van der Waals surface area contributed by atoms with Crippen LogP contribution in [0.2, 0.25) is 0 Å². The topological polar surface area (TPSA) is 133 Å². The number of carbonyl (C=O) groups is 2. The van der Waals surface area contributed by atoms with Crippen LogP contribution < -0.4 is 21.1 Å². The van der Waals surface area contributed by atoms with Crippen molar-refractivity contribution in [3.8, 4) is 5.75 Å². The van der Waals surface area contributed by atoms with Crippen molar-refractivity contribution in [2.24, 2.45) is 0 Å². The molecule has 188 valence electrons.